The Bertz CT molecular complexity index is 673. The summed E-state index contributed by atoms with van der Waals surface area (Å²) in [5.41, 5.74) is 7.79. The van der Waals surface area contributed by atoms with E-state index in [2.05, 4.69) is 15.5 Å². The molecule has 2 aliphatic rings. The molecule has 152 valence electrons. The number of nitrogen functional groups attached to an aromatic ring is 1. The molecular weight excluding hydrogens is 372 g/mol. The molecule has 0 saturated carbocycles. The van der Waals surface area contributed by atoms with Crippen molar-refractivity contribution in [2.24, 2.45) is 0 Å². The second kappa shape index (κ2) is 9.57. The highest BCUT2D eigenvalue weighted by atomic mass is 35.5. The maximum atomic E-state index is 12.9. The summed E-state index contributed by atoms with van der Waals surface area (Å²) >= 11 is 6.21. The van der Waals surface area contributed by atoms with Gasteiger partial charge in [0.1, 0.15) is 5.75 Å². The van der Waals surface area contributed by atoms with Crippen molar-refractivity contribution < 1.29 is 19.7 Å². The van der Waals surface area contributed by atoms with Crippen molar-refractivity contribution in [2.75, 3.05) is 52.7 Å². The van der Waals surface area contributed by atoms with Crippen molar-refractivity contribution in [1.82, 2.24) is 15.5 Å². The van der Waals surface area contributed by atoms with Crippen molar-refractivity contribution in [3.05, 3.63) is 22.2 Å². The lowest BCUT2D eigenvalue weighted by Crippen LogP contribution is -2.55. The number of piperidine rings is 1. The van der Waals surface area contributed by atoms with Gasteiger partial charge in [0.05, 0.1) is 35.0 Å². The Morgan fingerprint density at radius 1 is 1.52 bits per heavy atom. The first-order valence-electron chi connectivity index (χ1n) is 8.99. The van der Waals surface area contributed by atoms with Crippen LogP contribution < -0.4 is 21.1 Å². The number of amides is 1. The van der Waals surface area contributed by atoms with Crippen molar-refractivity contribution in [3.63, 3.8) is 0 Å². The molecule has 0 spiro atoms. The molecule has 0 radical (unpaired) electrons. The van der Waals surface area contributed by atoms with E-state index < -0.39 is 0 Å². The normalized spacial score (nSPS) is 21.9. The van der Waals surface area contributed by atoms with E-state index in [0.717, 1.165) is 38.2 Å². The number of hydrogen-bond donors (Lipinski definition) is 3. The quantitative estimate of drug-likeness (QED) is 0.581. The first-order chi connectivity index (χ1) is 12.5. The van der Waals surface area contributed by atoms with Crippen LogP contribution >= 0.6 is 11.6 Å². The van der Waals surface area contributed by atoms with Crippen LogP contribution in [0.4, 0.5) is 5.69 Å². The first-order valence-corrected chi connectivity index (χ1v) is 9.37. The molecule has 27 heavy (non-hydrogen) atoms. The summed E-state index contributed by atoms with van der Waals surface area (Å²) in [6.45, 7) is 4.13. The predicted molar refractivity (Wildman–Crippen MR) is 106 cm³/mol. The van der Waals surface area contributed by atoms with E-state index >= 15 is 0 Å². The third-order valence-electron chi connectivity index (χ3n) is 5.16. The summed E-state index contributed by atoms with van der Waals surface area (Å²) in [6.07, 6.45) is 1.45. The van der Waals surface area contributed by atoms with Gasteiger partial charge in [-0.15, -0.1) is 0 Å². The van der Waals surface area contributed by atoms with Gasteiger partial charge in [-0.05, 0) is 19.5 Å². The number of hydrogen-bond acceptors (Lipinski definition) is 6. The number of rotatable bonds is 6. The largest absolute Gasteiger partial charge is 0.492 e. The lowest BCUT2D eigenvalue weighted by Gasteiger charge is -2.38. The van der Waals surface area contributed by atoms with Crippen LogP contribution in [0.5, 0.6) is 5.75 Å². The van der Waals surface area contributed by atoms with Gasteiger partial charge in [-0.25, -0.2) is 0 Å². The van der Waals surface area contributed by atoms with Gasteiger partial charge in [0.2, 0.25) is 0 Å². The molecule has 0 unspecified atom stereocenters. The monoisotopic (exact) mass is 400 g/mol. The fourth-order valence-electron chi connectivity index (χ4n) is 3.64. The highest BCUT2D eigenvalue weighted by Gasteiger charge is 2.32. The SMILES string of the molecule is CNCCN1CC[C@@H](NC(=O)c2cc(Cl)c(N)c3c2OCC3)[C@@H](OC)C1.O. The average molecular weight is 401 g/mol. The number of benzene rings is 1. The first kappa shape index (κ1) is 21.7. The van der Waals surface area contributed by atoms with Gasteiger partial charge in [0.25, 0.3) is 5.91 Å². The molecule has 0 aliphatic carbocycles. The fourth-order valence-corrected chi connectivity index (χ4v) is 3.86. The standard InChI is InChI=1S/C18H27ClN4O3.H2O/c1-21-5-7-23-6-3-14(15(10-23)25-2)22-18(24)12-9-13(19)16(20)11-4-8-26-17(11)12;/h9,14-15,21H,3-8,10,20H2,1-2H3,(H,22,24);1H2/t14-,15+;/m1./s1. The average Bonchev–Trinajstić information content (AvgIpc) is 3.13. The molecule has 1 amide bonds. The van der Waals surface area contributed by atoms with E-state index in [9.17, 15) is 4.79 Å². The second-order valence-corrected chi connectivity index (χ2v) is 7.18. The Hall–Kier alpha value is -1.58. The van der Waals surface area contributed by atoms with Crippen LogP contribution in [-0.4, -0.2) is 75.4 Å². The highest BCUT2D eigenvalue weighted by molar-refractivity contribution is 6.33. The van der Waals surface area contributed by atoms with E-state index in [1.54, 1.807) is 13.2 Å². The van der Waals surface area contributed by atoms with Crippen molar-refractivity contribution in [2.45, 2.75) is 25.0 Å². The minimum atomic E-state index is -0.194. The van der Waals surface area contributed by atoms with Gasteiger partial charge in [0.15, 0.2) is 0 Å². The Labute approximate surface area is 164 Å². The van der Waals surface area contributed by atoms with Crippen LogP contribution in [-0.2, 0) is 11.2 Å². The molecular formula is C18H29ClN4O4. The summed E-state index contributed by atoms with van der Waals surface area (Å²) in [5, 5.41) is 6.65. The Morgan fingerprint density at radius 2 is 2.30 bits per heavy atom. The van der Waals surface area contributed by atoms with Crippen LogP contribution in [0.2, 0.25) is 5.02 Å². The molecule has 2 atom stereocenters. The number of halogens is 1. The van der Waals surface area contributed by atoms with Crippen LogP contribution in [0.25, 0.3) is 0 Å². The maximum absolute atomic E-state index is 12.9. The lowest BCUT2D eigenvalue weighted by molar-refractivity contribution is 0.00691. The third-order valence-corrected chi connectivity index (χ3v) is 5.47. The number of methoxy groups -OCH3 is 1. The molecule has 6 N–H and O–H groups in total. The van der Waals surface area contributed by atoms with Crippen LogP contribution in [0, 0.1) is 0 Å². The van der Waals surface area contributed by atoms with Gasteiger partial charge in [0, 0.05) is 45.3 Å². The molecule has 2 heterocycles. The number of fused-ring (bicyclic) bond motifs is 1. The van der Waals surface area contributed by atoms with E-state index in [0.29, 0.717) is 35.1 Å². The van der Waals surface area contributed by atoms with E-state index in [1.165, 1.54) is 0 Å². The number of nitrogens with zero attached hydrogens (tertiary/aromatic N) is 1. The summed E-state index contributed by atoms with van der Waals surface area (Å²) in [6, 6.07) is 1.55. The lowest BCUT2D eigenvalue weighted by atomic mass is 10.00. The molecule has 8 nitrogen and oxygen atoms in total. The Balaban J connectivity index is 0.00000261. The Kier molecular flexibility index (Phi) is 7.69. The number of likely N-dealkylation sites (tertiary alicyclic amines) is 1. The Morgan fingerprint density at radius 3 is 3.00 bits per heavy atom. The number of carbonyl (C=O) groups is 1. The van der Waals surface area contributed by atoms with Crippen LogP contribution in [0.3, 0.4) is 0 Å². The highest BCUT2D eigenvalue weighted by Crippen LogP contribution is 2.38. The maximum Gasteiger partial charge on any atom is 0.255 e. The predicted octanol–water partition coefficient (Wildman–Crippen LogP) is 0.0709. The second-order valence-electron chi connectivity index (χ2n) is 6.77. The number of anilines is 1. The summed E-state index contributed by atoms with van der Waals surface area (Å²) in [4.78, 5) is 15.2. The number of likely N-dealkylation sites (N-methyl/N-ethyl adjacent to an activating group) is 1. The summed E-state index contributed by atoms with van der Waals surface area (Å²) in [7, 11) is 3.63. The minimum Gasteiger partial charge on any atom is -0.492 e. The molecule has 1 fully saturated rings. The number of nitrogens with one attached hydrogen (secondary N) is 2. The smallest absolute Gasteiger partial charge is 0.255 e. The van der Waals surface area contributed by atoms with Crippen molar-refractivity contribution in [1.29, 1.82) is 0 Å². The third kappa shape index (κ3) is 4.64. The fraction of sp³-hybridized carbons (Fsp3) is 0.611. The summed E-state index contributed by atoms with van der Waals surface area (Å²) in [5.74, 6) is 0.366. The molecule has 1 aromatic rings. The summed E-state index contributed by atoms with van der Waals surface area (Å²) < 4.78 is 11.3. The molecule has 0 aromatic heterocycles. The molecule has 0 bridgehead atoms. The minimum absolute atomic E-state index is 0. The van der Waals surface area contributed by atoms with Crippen molar-refractivity contribution in [3.8, 4) is 5.75 Å². The van der Waals surface area contributed by atoms with Gasteiger partial charge >= 0.3 is 0 Å². The molecule has 1 saturated heterocycles. The van der Waals surface area contributed by atoms with Gasteiger partial charge in [-0.1, -0.05) is 11.6 Å². The zero-order chi connectivity index (χ0) is 18.7. The van der Waals surface area contributed by atoms with Gasteiger partial charge in [-0.3, -0.25) is 9.69 Å². The number of ether oxygens (including phenoxy) is 2. The number of carbonyl (C=O) groups excluding carboxylic acids is 1. The van der Waals surface area contributed by atoms with E-state index in [1.807, 2.05) is 7.05 Å². The molecule has 2 aliphatic heterocycles. The van der Waals surface area contributed by atoms with E-state index in [-0.39, 0.29) is 23.5 Å². The zero-order valence-electron chi connectivity index (χ0n) is 15.8. The molecule has 9 heteroatoms. The van der Waals surface area contributed by atoms with Crippen molar-refractivity contribution >= 4 is 23.2 Å². The molecule has 1 aromatic carbocycles. The topological polar surface area (TPSA) is 120 Å². The van der Waals surface area contributed by atoms with Gasteiger partial charge in [-0.2, -0.15) is 0 Å². The zero-order valence-corrected chi connectivity index (χ0v) is 16.6. The van der Waals surface area contributed by atoms with Gasteiger partial charge < -0.3 is 31.3 Å². The van der Waals surface area contributed by atoms with Crippen LogP contribution in [0.1, 0.15) is 22.3 Å². The van der Waals surface area contributed by atoms with E-state index in [4.69, 9.17) is 26.8 Å². The number of nitrogens with two attached hydrogens (primary N) is 1. The van der Waals surface area contributed by atoms with Crippen LogP contribution in [0.15, 0.2) is 6.07 Å². The molecule has 3 rings (SSSR count).